The van der Waals surface area contributed by atoms with Crippen molar-refractivity contribution < 1.29 is 9.59 Å². The van der Waals surface area contributed by atoms with Gasteiger partial charge in [0.05, 0.1) is 10.9 Å². The van der Waals surface area contributed by atoms with Crippen LogP contribution in [0.1, 0.15) is 23.9 Å². The van der Waals surface area contributed by atoms with Crippen LogP contribution in [0, 0.1) is 6.92 Å². The highest BCUT2D eigenvalue weighted by Crippen LogP contribution is 2.23. The fourth-order valence-electron chi connectivity index (χ4n) is 1.93. The smallest absolute Gasteiger partial charge is 0.318 e. The molecule has 2 aromatic rings. The summed E-state index contributed by atoms with van der Waals surface area (Å²) in [6, 6.07) is 9.19. The highest BCUT2D eigenvalue weighted by atomic mass is 32.2. The SMILES string of the molecule is Cc1[nH]c(SC(C)C(=O)NC(N)=O)nc1Cc1ccccc1. The van der Waals surface area contributed by atoms with E-state index in [2.05, 4.69) is 15.3 Å². The maximum Gasteiger partial charge on any atom is 0.318 e. The maximum atomic E-state index is 11.7. The molecule has 1 aromatic heterocycles. The second kappa shape index (κ2) is 7.13. The number of aryl methyl sites for hydroxylation is 1. The third kappa shape index (κ3) is 4.36. The molecule has 0 fully saturated rings. The molecule has 116 valence electrons. The first-order valence-corrected chi connectivity index (χ1v) is 7.70. The van der Waals surface area contributed by atoms with Crippen LogP contribution < -0.4 is 11.1 Å². The minimum absolute atomic E-state index is 0.434. The number of amides is 3. The summed E-state index contributed by atoms with van der Waals surface area (Å²) in [6.07, 6.45) is 0.728. The van der Waals surface area contributed by atoms with Gasteiger partial charge in [0, 0.05) is 12.1 Å². The summed E-state index contributed by atoms with van der Waals surface area (Å²) in [5.41, 5.74) is 8.02. The van der Waals surface area contributed by atoms with E-state index in [1.54, 1.807) is 6.92 Å². The van der Waals surface area contributed by atoms with E-state index < -0.39 is 17.2 Å². The van der Waals surface area contributed by atoms with Crippen LogP contribution in [-0.4, -0.2) is 27.2 Å². The molecule has 0 spiro atoms. The molecule has 6 nitrogen and oxygen atoms in total. The summed E-state index contributed by atoms with van der Waals surface area (Å²) in [6.45, 7) is 3.64. The fraction of sp³-hybridized carbons (Fsp3) is 0.267. The molecule has 1 aromatic carbocycles. The van der Waals surface area contributed by atoms with Gasteiger partial charge in [0.25, 0.3) is 0 Å². The molecule has 3 amide bonds. The monoisotopic (exact) mass is 318 g/mol. The van der Waals surface area contributed by atoms with E-state index in [-0.39, 0.29) is 0 Å². The van der Waals surface area contributed by atoms with Crippen LogP contribution in [0.3, 0.4) is 0 Å². The van der Waals surface area contributed by atoms with Crippen molar-refractivity contribution in [3.63, 3.8) is 0 Å². The Kier molecular flexibility index (Phi) is 5.21. The van der Waals surface area contributed by atoms with Gasteiger partial charge in [0.2, 0.25) is 5.91 Å². The Morgan fingerprint density at radius 3 is 2.68 bits per heavy atom. The molecular weight excluding hydrogens is 300 g/mol. The third-order valence-corrected chi connectivity index (χ3v) is 4.07. The summed E-state index contributed by atoms with van der Waals surface area (Å²) in [5.74, 6) is -0.434. The molecule has 0 saturated carbocycles. The molecule has 0 saturated heterocycles. The molecule has 1 unspecified atom stereocenters. The van der Waals surface area contributed by atoms with Crippen molar-refractivity contribution in [3.8, 4) is 0 Å². The number of H-pyrrole nitrogens is 1. The summed E-state index contributed by atoms with van der Waals surface area (Å²) >= 11 is 1.25. The molecule has 0 aliphatic heterocycles. The first-order chi connectivity index (χ1) is 10.5. The second-order valence-electron chi connectivity index (χ2n) is 4.89. The Labute approximate surface area is 132 Å². The van der Waals surface area contributed by atoms with Crippen LogP contribution in [0.25, 0.3) is 0 Å². The standard InChI is InChI=1S/C15H18N4O2S/c1-9-12(8-11-6-4-3-5-7-11)18-15(17-9)22-10(2)13(20)19-14(16)21/h3-7,10H,8H2,1-2H3,(H,17,18)(H3,16,19,20,21). The van der Waals surface area contributed by atoms with E-state index in [1.807, 2.05) is 37.3 Å². The zero-order valence-electron chi connectivity index (χ0n) is 12.4. The van der Waals surface area contributed by atoms with Crippen LogP contribution in [-0.2, 0) is 11.2 Å². The Bertz CT molecular complexity index is 669. The Hall–Kier alpha value is -2.28. The summed E-state index contributed by atoms with van der Waals surface area (Å²) in [5, 5.41) is 2.24. The van der Waals surface area contributed by atoms with E-state index in [1.165, 1.54) is 17.3 Å². The first-order valence-electron chi connectivity index (χ1n) is 6.82. The second-order valence-corrected chi connectivity index (χ2v) is 6.22. The van der Waals surface area contributed by atoms with Crippen LogP contribution in [0.4, 0.5) is 4.79 Å². The number of carbonyl (C=O) groups excluding carboxylic acids is 2. The molecular formula is C15H18N4O2S. The molecule has 0 radical (unpaired) electrons. The normalized spacial score (nSPS) is 11.9. The van der Waals surface area contributed by atoms with Crippen LogP contribution in [0.2, 0.25) is 0 Å². The zero-order valence-corrected chi connectivity index (χ0v) is 13.2. The number of nitrogens with zero attached hydrogens (tertiary/aromatic N) is 1. The van der Waals surface area contributed by atoms with Gasteiger partial charge in [-0.15, -0.1) is 0 Å². The van der Waals surface area contributed by atoms with E-state index in [4.69, 9.17) is 5.73 Å². The zero-order chi connectivity index (χ0) is 16.1. The van der Waals surface area contributed by atoms with Crippen molar-refractivity contribution in [2.45, 2.75) is 30.7 Å². The molecule has 1 atom stereocenters. The lowest BCUT2D eigenvalue weighted by molar-refractivity contribution is -0.119. The number of thioether (sulfide) groups is 1. The van der Waals surface area contributed by atoms with Crippen molar-refractivity contribution in [2.75, 3.05) is 0 Å². The minimum Gasteiger partial charge on any atom is -0.351 e. The molecule has 0 aliphatic carbocycles. The van der Waals surface area contributed by atoms with Crippen molar-refractivity contribution in [2.24, 2.45) is 5.73 Å². The number of aromatic amines is 1. The predicted octanol–water partition coefficient (Wildman–Crippen LogP) is 1.98. The number of urea groups is 1. The fourth-order valence-corrected chi connectivity index (χ4v) is 2.80. The highest BCUT2D eigenvalue weighted by molar-refractivity contribution is 8.00. The summed E-state index contributed by atoms with van der Waals surface area (Å²) in [4.78, 5) is 30.0. The van der Waals surface area contributed by atoms with Gasteiger partial charge < -0.3 is 10.7 Å². The number of nitrogens with one attached hydrogen (secondary N) is 2. The number of carbonyl (C=O) groups is 2. The lowest BCUT2D eigenvalue weighted by atomic mass is 10.1. The van der Waals surface area contributed by atoms with Crippen LogP contribution >= 0.6 is 11.8 Å². The van der Waals surface area contributed by atoms with Crippen LogP contribution in [0.5, 0.6) is 0 Å². The molecule has 0 bridgehead atoms. The van der Waals surface area contributed by atoms with Gasteiger partial charge in [-0.2, -0.15) is 0 Å². The number of primary amides is 1. The number of aromatic nitrogens is 2. The summed E-state index contributed by atoms with van der Waals surface area (Å²) < 4.78 is 0. The Morgan fingerprint density at radius 2 is 2.05 bits per heavy atom. The number of imide groups is 1. The average molecular weight is 318 g/mol. The highest BCUT2D eigenvalue weighted by Gasteiger charge is 2.18. The van der Waals surface area contributed by atoms with Crippen LogP contribution in [0.15, 0.2) is 35.5 Å². The average Bonchev–Trinajstić information content (AvgIpc) is 2.79. The van der Waals surface area contributed by atoms with Gasteiger partial charge in [-0.05, 0) is 19.4 Å². The van der Waals surface area contributed by atoms with E-state index in [0.717, 1.165) is 17.8 Å². The van der Waals surface area contributed by atoms with Gasteiger partial charge >= 0.3 is 6.03 Å². The van der Waals surface area contributed by atoms with E-state index in [0.29, 0.717) is 5.16 Å². The Morgan fingerprint density at radius 1 is 1.36 bits per heavy atom. The minimum atomic E-state index is -0.849. The lowest BCUT2D eigenvalue weighted by Crippen LogP contribution is -2.39. The number of hydrogen-bond acceptors (Lipinski definition) is 4. The van der Waals surface area contributed by atoms with Gasteiger partial charge in [0.15, 0.2) is 5.16 Å². The summed E-state index contributed by atoms with van der Waals surface area (Å²) in [7, 11) is 0. The van der Waals surface area contributed by atoms with Crippen molar-refractivity contribution in [3.05, 3.63) is 47.3 Å². The topological polar surface area (TPSA) is 101 Å². The van der Waals surface area contributed by atoms with Gasteiger partial charge in [-0.1, -0.05) is 42.1 Å². The third-order valence-electron chi connectivity index (χ3n) is 3.08. The van der Waals surface area contributed by atoms with Gasteiger partial charge in [-0.3, -0.25) is 10.1 Å². The van der Waals surface area contributed by atoms with Gasteiger partial charge in [-0.25, -0.2) is 9.78 Å². The molecule has 2 rings (SSSR count). The van der Waals surface area contributed by atoms with Crippen molar-refractivity contribution in [1.29, 1.82) is 0 Å². The largest absolute Gasteiger partial charge is 0.351 e. The van der Waals surface area contributed by atoms with Crippen molar-refractivity contribution in [1.82, 2.24) is 15.3 Å². The van der Waals surface area contributed by atoms with Gasteiger partial charge in [0.1, 0.15) is 0 Å². The number of benzene rings is 1. The number of rotatable bonds is 5. The van der Waals surface area contributed by atoms with E-state index in [9.17, 15) is 9.59 Å². The molecule has 1 heterocycles. The number of nitrogens with two attached hydrogens (primary N) is 1. The first kappa shape index (κ1) is 16.1. The molecule has 7 heteroatoms. The number of hydrogen-bond donors (Lipinski definition) is 3. The number of imidazole rings is 1. The van der Waals surface area contributed by atoms with Crippen molar-refractivity contribution >= 4 is 23.7 Å². The molecule has 0 aliphatic rings. The molecule has 4 N–H and O–H groups in total. The quantitative estimate of drug-likeness (QED) is 0.734. The predicted molar refractivity (Wildman–Crippen MR) is 85.6 cm³/mol. The maximum absolute atomic E-state index is 11.7. The molecule has 22 heavy (non-hydrogen) atoms. The van der Waals surface area contributed by atoms with E-state index >= 15 is 0 Å². The Balaban J connectivity index is 2.03. The lowest BCUT2D eigenvalue weighted by Gasteiger charge is -2.07.